The molecule has 0 saturated carbocycles. The summed E-state index contributed by atoms with van der Waals surface area (Å²) in [6.45, 7) is -0.212. The van der Waals surface area contributed by atoms with Gasteiger partial charge < -0.3 is 10.1 Å². The maximum Gasteiger partial charge on any atom is 0.235 e. The van der Waals surface area contributed by atoms with Crippen LogP contribution >= 0.6 is 11.6 Å². The van der Waals surface area contributed by atoms with Crippen molar-refractivity contribution in [3.63, 3.8) is 0 Å². The molecule has 1 aliphatic carbocycles. The number of aryl methyl sites for hydroxylation is 1. The number of hydrogen-bond donors (Lipinski definition) is 1. The van der Waals surface area contributed by atoms with Crippen LogP contribution in [-0.2, 0) is 27.8 Å². The van der Waals surface area contributed by atoms with Gasteiger partial charge in [-0.15, -0.1) is 0 Å². The Kier molecular flexibility index (Phi) is 6.82. The normalized spacial score (nSPS) is 16.3. The summed E-state index contributed by atoms with van der Waals surface area (Å²) >= 11 is 6.16. The van der Waals surface area contributed by atoms with Crippen LogP contribution in [0, 0.1) is 0 Å². The largest absolute Gasteiger partial charge is 0.497 e. The number of nitrogens with one attached hydrogen (secondary N) is 1. The molecule has 156 valence electrons. The SMILES string of the molecule is COc1ccc2c(c1)CCC[C@H]2NC(=O)CN(Cc1ccccc1Cl)S(C)(=O)=O. The quantitative estimate of drug-likeness (QED) is 0.722. The van der Waals surface area contributed by atoms with Gasteiger partial charge in [-0.1, -0.05) is 35.9 Å². The van der Waals surface area contributed by atoms with Gasteiger partial charge in [-0.05, 0) is 54.2 Å². The number of carbonyl (C=O) groups is 1. The van der Waals surface area contributed by atoms with E-state index in [1.165, 1.54) is 0 Å². The fourth-order valence-corrected chi connectivity index (χ4v) is 4.50. The van der Waals surface area contributed by atoms with Crippen LogP contribution in [0.15, 0.2) is 42.5 Å². The van der Waals surface area contributed by atoms with Gasteiger partial charge in [0.2, 0.25) is 15.9 Å². The molecule has 0 heterocycles. The molecule has 1 atom stereocenters. The molecule has 0 aromatic heterocycles. The summed E-state index contributed by atoms with van der Waals surface area (Å²) < 4.78 is 30.9. The molecule has 0 fully saturated rings. The molecule has 6 nitrogen and oxygen atoms in total. The van der Waals surface area contributed by atoms with Gasteiger partial charge in [0.1, 0.15) is 5.75 Å². The molecule has 8 heteroatoms. The van der Waals surface area contributed by atoms with Crippen molar-refractivity contribution in [2.75, 3.05) is 19.9 Å². The van der Waals surface area contributed by atoms with E-state index in [0.717, 1.165) is 46.7 Å². The van der Waals surface area contributed by atoms with Crippen molar-refractivity contribution in [2.24, 2.45) is 0 Å². The number of benzene rings is 2. The molecular formula is C21H25ClN2O4S. The summed E-state index contributed by atoms with van der Waals surface area (Å²) in [6, 6.07) is 12.7. The standard InChI is InChI=1S/C21H25ClN2O4S/c1-28-17-10-11-18-15(12-17)7-5-9-20(18)23-21(25)14-24(29(2,26)27)13-16-6-3-4-8-19(16)22/h3-4,6,8,10-12,20H,5,7,9,13-14H2,1-2H3,(H,23,25)/t20-/m1/s1. The van der Waals surface area contributed by atoms with E-state index < -0.39 is 10.0 Å². The zero-order valence-corrected chi connectivity index (χ0v) is 18.1. The number of sulfonamides is 1. The molecule has 29 heavy (non-hydrogen) atoms. The Labute approximate surface area is 176 Å². The lowest BCUT2D eigenvalue weighted by Crippen LogP contribution is -2.41. The van der Waals surface area contributed by atoms with Crippen molar-refractivity contribution in [3.8, 4) is 5.75 Å². The van der Waals surface area contributed by atoms with E-state index in [0.29, 0.717) is 10.6 Å². The van der Waals surface area contributed by atoms with Crippen LogP contribution < -0.4 is 10.1 Å². The second kappa shape index (κ2) is 9.15. The minimum atomic E-state index is -3.59. The van der Waals surface area contributed by atoms with Crippen LogP contribution in [-0.4, -0.2) is 38.5 Å². The number of ether oxygens (including phenoxy) is 1. The van der Waals surface area contributed by atoms with Crippen molar-refractivity contribution >= 4 is 27.5 Å². The van der Waals surface area contributed by atoms with Gasteiger partial charge in [0.15, 0.2) is 0 Å². The third kappa shape index (κ3) is 5.50. The summed E-state index contributed by atoms with van der Waals surface area (Å²) in [6.07, 6.45) is 3.79. The van der Waals surface area contributed by atoms with Crippen LogP contribution in [0.1, 0.15) is 35.6 Å². The van der Waals surface area contributed by atoms with E-state index in [1.54, 1.807) is 31.4 Å². The maximum absolute atomic E-state index is 12.7. The highest BCUT2D eigenvalue weighted by molar-refractivity contribution is 7.88. The Hall–Kier alpha value is -2.09. The Bertz CT molecular complexity index is 994. The number of nitrogens with zero attached hydrogens (tertiary/aromatic N) is 1. The Morgan fingerprint density at radius 2 is 2.03 bits per heavy atom. The van der Waals surface area contributed by atoms with Crippen molar-refractivity contribution < 1.29 is 17.9 Å². The van der Waals surface area contributed by atoms with E-state index in [2.05, 4.69) is 5.32 Å². The fraction of sp³-hybridized carbons (Fsp3) is 0.381. The minimum absolute atomic E-state index is 0.0460. The number of fused-ring (bicyclic) bond motifs is 1. The molecular weight excluding hydrogens is 412 g/mol. The number of methoxy groups -OCH3 is 1. The molecule has 0 saturated heterocycles. The summed E-state index contributed by atoms with van der Waals surface area (Å²) in [4.78, 5) is 12.7. The van der Waals surface area contributed by atoms with Crippen LogP contribution in [0.3, 0.4) is 0 Å². The Morgan fingerprint density at radius 1 is 1.28 bits per heavy atom. The predicted molar refractivity (Wildman–Crippen MR) is 114 cm³/mol. The summed E-state index contributed by atoms with van der Waals surface area (Å²) in [5.74, 6) is 0.454. The summed E-state index contributed by atoms with van der Waals surface area (Å²) in [5.41, 5.74) is 2.86. The molecule has 0 aliphatic heterocycles. The molecule has 1 amide bonds. The lowest BCUT2D eigenvalue weighted by atomic mass is 9.87. The fourth-order valence-electron chi connectivity index (χ4n) is 3.57. The second-order valence-electron chi connectivity index (χ2n) is 7.20. The highest BCUT2D eigenvalue weighted by Crippen LogP contribution is 2.32. The third-order valence-corrected chi connectivity index (χ3v) is 6.66. The minimum Gasteiger partial charge on any atom is -0.497 e. The first-order valence-electron chi connectivity index (χ1n) is 9.42. The highest BCUT2D eigenvalue weighted by atomic mass is 35.5. The lowest BCUT2D eigenvalue weighted by Gasteiger charge is -2.28. The smallest absolute Gasteiger partial charge is 0.235 e. The number of carbonyl (C=O) groups excluding carboxylic acids is 1. The maximum atomic E-state index is 12.7. The molecule has 0 radical (unpaired) electrons. The number of halogens is 1. The number of rotatable bonds is 7. The third-order valence-electron chi connectivity index (χ3n) is 5.09. The molecule has 1 N–H and O–H groups in total. The van der Waals surface area contributed by atoms with Crippen LogP contribution in [0.2, 0.25) is 5.02 Å². The average molecular weight is 437 g/mol. The van der Waals surface area contributed by atoms with Crippen molar-refractivity contribution in [3.05, 3.63) is 64.2 Å². The van der Waals surface area contributed by atoms with Gasteiger partial charge in [0.05, 0.1) is 26.0 Å². The van der Waals surface area contributed by atoms with E-state index in [4.69, 9.17) is 16.3 Å². The van der Waals surface area contributed by atoms with Crippen LogP contribution in [0.4, 0.5) is 0 Å². The topological polar surface area (TPSA) is 75.7 Å². The average Bonchev–Trinajstić information content (AvgIpc) is 2.68. The first-order chi connectivity index (χ1) is 13.8. The second-order valence-corrected chi connectivity index (χ2v) is 9.59. The summed E-state index contributed by atoms with van der Waals surface area (Å²) in [5, 5.41) is 3.47. The monoisotopic (exact) mass is 436 g/mol. The van der Waals surface area contributed by atoms with Crippen LogP contribution in [0.25, 0.3) is 0 Å². The molecule has 1 aliphatic rings. The van der Waals surface area contributed by atoms with Crippen LogP contribution in [0.5, 0.6) is 5.75 Å². The number of amides is 1. The van der Waals surface area contributed by atoms with E-state index in [-0.39, 0.29) is 25.0 Å². The molecule has 0 spiro atoms. The highest BCUT2D eigenvalue weighted by Gasteiger charge is 2.26. The van der Waals surface area contributed by atoms with Crippen molar-refractivity contribution in [1.29, 1.82) is 0 Å². The molecule has 2 aromatic rings. The van der Waals surface area contributed by atoms with Gasteiger partial charge in [-0.25, -0.2) is 8.42 Å². The molecule has 0 unspecified atom stereocenters. The van der Waals surface area contributed by atoms with Crippen molar-refractivity contribution in [1.82, 2.24) is 9.62 Å². The first kappa shape index (κ1) is 21.6. The molecule has 2 aromatic carbocycles. The van der Waals surface area contributed by atoms with Crippen molar-refractivity contribution in [2.45, 2.75) is 31.8 Å². The van der Waals surface area contributed by atoms with Gasteiger partial charge in [0.25, 0.3) is 0 Å². The Balaban J connectivity index is 1.72. The predicted octanol–water partition coefficient (Wildman–Crippen LogP) is 3.30. The first-order valence-corrected chi connectivity index (χ1v) is 11.7. The lowest BCUT2D eigenvalue weighted by molar-refractivity contribution is -0.122. The van der Waals surface area contributed by atoms with Gasteiger partial charge in [-0.3, -0.25) is 4.79 Å². The molecule has 0 bridgehead atoms. The van der Waals surface area contributed by atoms with E-state index in [9.17, 15) is 13.2 Å². The molecule has 3 rings (SSSR count). The van der Waals surface area contributed by atoms with Gasteiger partial charge in [-0.2, -0.15) is 4.31 Å². The number of hydrogen-bond acceptors (Lipinski definition) is 4. The van der Waals surface area contributed by atoms with E-state index >= 15 is 0 Å². The summed E-state index contributed by atoms with van der Waals surface area (Å²) in [7, 11) is -1.96. The van der Waals surface area contributed by atoms with Gasteiger partial charge >= 0.3 is 0 Å². The Morgan fingerprint density at radius 3 is 2.72 bits per heavy atom. The zero-order valence-electron chi connectivity index (χ0n) is 16.5. The van der Waals surface area contributed by atoms with Gasteiger partial charge in [0, 0.05) is 11.6 Å². The van der Waals surface area contributed by atoms with E-state index in [1.807, 2.05) is 18.2 Å². The zero-order chi connectivity index (χ0) is 21.0.